The third-order valence-corrected chi connectivity index (χ3v) is 3.47. The van der Waals surface area contributed by atoms with Crippen molar-refractivity contribution in [3.8, 4) is 0 Å². The van der Waals surface area contributed by atoms with Gasteiger partial charge in [-0.2, -0.15) is 4.37 Å². The van der Waals surface area contributed by atoms with Crippen molar-refractivity contribution in [3.05, 3.63) is 10.8 Å². The Morgan fingerprint density at radius 2 is 2.00 bits per heavy atom. The normalized spacial score (nSPS) is 14.1. The first-order valence-corrected chi connectivity index (χ1v) is 6.79. The molecular formula is C12H23N3S. The molecule has 1 heterocycles. The van der Waals surface area contributed by atoms with Crippen LogP contribution in [-0.2, 0) is 12.8 Å². The molecular weight excluding hydrogens is 218 g/mol. The highest BCUT2D eigenvalue weighted by molar-refractivity contribution is 7.05. The first kappa shape index (κ1) is 13.6. The van der Waals surface area contributed by atoms with E-state index in [1.807, 2.05) is 0 Å². The van der Waals surface area contributed by atoms with Crippen molar-refractivity contribution >= 4 is 11.5 Å². The zero-order chi connectivity index (χ0) is 12.2. The lowest BCUT2D eigenvalue weighted by molar-refractivity contribution is 0.270. The molecule has 0 aliphatic carbocycles. The van der Waals surface area contributed by atoms with Gasteiger partial charge >= 0.3 is 0 Å². The molecule has 3 nitrogen and oxygen atoms in total. The summed E-state index contributed by atoms with van der Waals surface area (Å²) < 4.78 is 4.33. The Balaban J connectivity index is 2.67. The van der Waals surface area contributed by atoms with Crippen molar-refractivity contribution in [3.63, 3.8) is 0 Å². The third kappa shape index (κ3) is 3.83. The lowest BCUT2D eigenvalue weighted by Gasteiger charge is -2.30. The van der Waals surface area contributed by atoms with E-state index in [0.717, 1.165) is 30.2 Å². The molecule has 0 radical (unpaired) electrons. The van der Waals surface area contributed by atoms with Gasteiger partial charge in [-0.3, -0.25) is 0 Å². The van der Waals surface area contributed by atoms with Crippen molar-refractivity contribution in [1.82, 2.24) is 14.7 Å². The fourth-order valence-electron chi connectivity index (χ4n) is 1.62. The van der Waals surface area contributed by atoms with E-state index >= 15 is 0 Å². The summed E-state index contributed by atoms with van der Waals surface area (Å²) in [5.74, 6) is 0.976. The van der Waals surface area contributed by atoms with Gasteiger partial charge in [-0.15, -0.1) is 0 Å². The molecule has 1 N–H and O–H groups in total. The summed E-state index contributed by atoms with van der Waals surface area (Å²) in [5, 5.41) is 4.69. The van der Waals surface area contributed by atoms with E-state index in [0.29, 0.717) is 6.04 Å². The molecule has 0 fully saturated rings. The lowest BCUT2D eigenvalue weighted by Crippen LogP contribution is -2.41. The molecule has 1 aromatic heterocycles. The number of aromatic nitrogens is 2. The standard InChI is InChI=1S/C12H23N3S/c1-6-10-14-11(16-15-10)8-9(13-7-2)12(3,4)5/h9,13H,6-8H2,1-5H3. The predicted molar refractivity (Wildman–Crippen MR) is 69.9 cm³/mol. The average molecular weight is 241 g/mol. The van der Waals surface area contributed by atoms with Gasteiger partial charge in [0.25, 0.3) is 0 Å². The Hall–Kier alpha value is -0.480. The minimum absolute atomic E-state index is 0.258. The molecule has 92 valence electrons. The topological polar surface area (TPSA) is 37.8 Å². The molecule has 0 aromatic carbocycles. The number of rotatable bonds is 5. The SMILES string of the molecule is CCNC(Cc1nc(CC)ns1)C(C)(C)C. The number of aryl methyl sites for hydroxylation is 1. The largest absolute Gasteiger partial charge is 0.313 e. The van der Waals surface area contributed by atoms with Crippen LogP contribution < -0.4 is 5.32 Å². The first-order valence-electron chi connectivity index (χ1n) is 6.02. The van der Waals surface area contributed by atoms with Crippen molar-refractivity contribution < 1.29 is 0 Å². The quantitative estimate of drug-likeness (QED) is 0.861. The number of nitrogens with zero attached hydrogens (tertiary/aromatic N) is 2. The zero-order valence-corrected chi connectivity index (χ0v) is 11.8. The maximum atomic E-state index is 4.53. The minimum Gasteiger partial charge on any atom is -0.313 e. The zero-order valence-electron chi connectivity index (χ0n) is 11.0. The maximum Gasteiger partial charge on any atom is 0.142 e. The number of hydrogen-bond acceptors (Lipinski definition) is 4. The second-order valence-corrected chi connectivity index (χ2v) is 5.97. The lowest BCUT2D eigenvalue weighted by atomic mass is 9.85. The van der Waals surface area contributed by atoms with Gasteiger partial charge in [-0.05, 0) is 23.5 Å². The summed E-state index contributed by atoms with van der Waals surface area (Å²) in [6.45, 7) is 12.0. The van der Waals surface area contributed by atoms with E-state index in [1.54, 1.807) is 11.5 Å². The minimum atomic E-state index is 0.258. The van der Waals surface area contributed by atoms with Crippen LogP contribution in [0.15, 0.2) is 0 Å². The van der Waals surface area contributed by atoms with Crippen LogP contribution in [-0.4, -0.2) is 21.9 Å². The second kappa shape index (κ2) is 5.73. The van der Waals surface area contributed by atoms with E-state index in [4.69, 9.17) is 0 Å². The molecule has 4 heteroatoms. The van der Waals surface area contributed by atoms with E-state index in [-0.39, 0.29) is 5.41 Å². The predicted octanol–water partition coefficient (Wildman–Crippen LogP) is 2.67. The van der Waals surface area contributed by atoms with Gasteiger partial charge in [0.05, 0.1) is 0 Å². The molecule has 16 heavy (non-hydrogen) atoms. The van der Waals surface area contributed by atoms with Gasteiger partial charge in [0.2, 0.25) is 0 Å². The van der Waals surface area contributed by atoms with Crippen molar-refractivity contribution in [2.75, 3.05) is 6.54 Å². The Kier molecular flexibility index (Phi) is 4.87. The maximum absolute atomic E-state index is 4.53. The number of nitrogens with one attached hydrogen (secondary N) is 1. The fraction of sp³-hybridized carbons (Fsp3) is 0.833. The summed E-state index contributed by atoms with van der Waals surface area (Å²) in [6.07, 6.45) is 1.91. The molecule has 1 atom stereocenters. The number of likely N-dealkylation sites (N-methyl/N-ethyl adjacent to an activating group) is 1. The monoisotopic (exact) mass is 241 g/mol. The Bertz CT molecular complexity index is 314. The highest BCUT2D eigenvalue weighted by atomic mass is 32.1. The van der Waals surface area contributed by atoms with Gasteiger partial charge < -0.3 is 5.32 Å². The van der Waals surface area contributed by atoms with Gasteiger partial charge in [0.15, 0.2) is 0 Å². The summed E-state index contributed by atoms with van der Waals surface area (Å²) in [6, 6.07) is 0.468. The third-order valence-electron chi connectivity index (χ3n) is 2.70. The van der Waals surface area contributed by atoms with Crippen molar-refractivity contribution in [2.24, 2.45) is 5.41 Å². The molecule has 0 aliphatic rings. The molecule has 1 unspecified atom stereocenters. The van der Waals surface area contributed by atoms with E-state index < -0.39 is 0 Å². The van der Waals surface area contributed by atoms with E-state index in [9.17, 15) is 0 Å². The number of hydrogen-bond donors (Lipinski definition) is 1. The van der Waals surface area contributed by atoms with E-state index in [1.165, 1.54) is 0 Å². The van der Waals surface area contributed by atoms with Gasteiger partial charge in [0.1, 0.15) is 10.8 Å². The molecule has 1 aromatic rings. The fourth-order valence-corrected chi connectivity index (χ4v) is 2.39. The summed E-state index contributed by atoms with van der Waals surface area (Å²) >= 11 is 1.54. The van der Waals surface area contributed by atoms with Crippen LogP contribution in [0, 0.1) is 5.41 Å². The van der Waals surface area contributed by atoms with Crippen LogP contribution in [0.4, 0.5) is 0 Å². The smallest absolute Gasteiger partial charge is 0.142 e. The molecule has 1 rings (SSSR count). The van der Waals surface area contributed by atoms with Crippen molar-refractivity contribution in [1.29, 1.82) is 0 Å². The van der Waals surface area contributed by atoms with Crippen LogP contribution in [0.25, 0.3) is 0 Å². The Morgan fingerprint density at radius 3 is 2.44 bits per heavy atom. The highest BCUT2D eigenvalue weighted by Gasteiger charge is 2.25. The van der Waals surface area contributed by atoms with Crippen LogP contribution in [0.1, 0.15) is 45.5 Å². The molecule has 0 saturated heterocycles. The highest BCUT2D eigenvalue weighted by Crippen LogP contribution is 2.23. The van der Waals surface area contributed by atoms with Crippen LogP contribution >= 0.6 is 11.5 Å². The van der Waals surface area contributed by atoms with Crippen LogP contribution in [0.3, 0.4) is 0 Å². The van der Waals surface area contributed by atoms with Crippen molar-refractivity contribution in [2.45, 2.75) is 53.5 Å². The molecule has 0 spiro atoms. The molecule has 0 amide bonds. The van der Waals surface area contributed by atoms with E-state index in [2.05, 4.69) is 49.3 Å². The average Bonchev–Trinajstić information content (AvgIpc) is 2.63. The molecule has 0 saturated carbocycles. The summed E-state index contributed by atoms with van der Waals surface area (Å²) in [7, 11) is 0. The second-order valence-electron chi connectivity index (χ2n) is 5.14. The Labute approximate surface area is 103 Å². The van der Waals surface area contributed by atoms with Crippen LogP contribution in [0.5, 0.6) is 0 Å². The van der Waals surface area contributed by atoms with Gasteiger partial charge in [-0.25, -0.2) is 4.98 Å². The first-order chi connectivity index (χ1) is 7.47. The molecule has 0 aliphatic heterocycles. The summed E-state index contributed by atoms with van der Waals surface area (Å²) in [4.78, 5) is 4.53. The summed E-state index contributed by atoms with van der Waals surface area (Å²) in [5.41, 5.74) is 0.258. The Morgan fingerprint density at radius 1 is 1.31 bits per heavy atom. The van der Waals surface area contributed by atoms with Gasteiger partial charge in [-0.1, -0.05) is 34.6 Å². The van der Waals surface area contributed by atoms with Gasteiger partial charge in [0, 0.05) is 18.9 Å². The van der Waals surface area contributed by atoms with Crippen LogP contribution in [0.2, 0.25) is 0 Å². The molecule has 0 bridgehead atoms.